The molecule has 24 heavy (non-hydrogen) atoms. The van der Waals surface area contributed by atoms with Crippen LogP contribution in [0, 0.1) is 5.92 Å². The van der Waals surface area contributed by atoms with Gasteiger partial charge in [-0.1, -0.05) is 12.1 Å². The minimum Gasteiger partial charge on any atom is -0.393 e. The molecule has 1 aromatic carbocycles. The largest absolute Gasteiger partial charge is 0.393 e. The molecule has 1 amide bonds. The normalized spacial score (nSPS) is 21.4. The van der Waals surface area contributed by atoms with E-state index in [1.165, 1.54) is 17.5 Å². The van der Waals surface area contributed by atoms with E-state index in [9.17, 15) is 14.7 Å². The van der Waals surface area contributed by atoms with E-state index >= 15 is 0 Å². The van der Waals surface area contributed by atoms with Gasteiger partial charge < -0.3 is 10.0 Å². The van der Waals surface area contributed by atoms with Crippen molar-refractivity contribution in [3.05, 3.63) is 34.9 Å². The molecule has 2 aliphatic rings. The summed E-state index contributed by atoms with van der Waals surface area (Å²) >= 11 is 0. The summed E-state index contributed by atoms with van der Waals surface area (Å²) in [5.74, 6) is 0.257. The van der Waals surface area contributed by atoms with Gasteiger partial charge in [0.25, 0.3) is 0 Å². The van der Waals surface area contributed by atoms with Gasteiger partial charge in [0.2, 0.25) is 5.91 Å². The van der Waals surface area contributed by atoms with Crippen molar-refractivity contribution >= 4 is 11.7 Å². The average Bonchev–Trinajstić information content (AvgIpc) is 3.07. The molecular weight excluding hydrogens is 302 g/mol. The number of carbonyl (C=O) groups excluding carboxylic acids is 2. The topological polar surface area (TPSA) is 57.6 Å². The number of piperidine rings is 1. The maximum Gasteiger partial charge on any atom is 0.223 e. The van der Waals surface area contributed by atoms with E-state index < -0.39 is 0 Å². The lowest BCUT2D eigenvalue weighted by Crippen LogP contribution is -2.43. The van der Waals surface area contributed by atoms with Gasteiger partial charge >= 0.3 is 0 Å². The van der Waals surface area contributed by atoms with Crippen LogP contribution in [0.1, 0.15) is 60.5 Å². The number of likely N-dealkylation sites (tertiary alicyclic amines) is 1. The molecule has 0 spiro atoms. The van der Waals surface area contributed by atoms with E-state index in [1.807, 2.05) is 17.0 Å². The molecule has 0 saturated carbocycles. The predicted molar refractivity (Wildman–Crippen MR) is 93.0 cm³/mol. The number of carbonyl (C=O) groups is 2. The summed E-state index contributed by atoms with van der Waals surface area (Å²) in [5, 5.41) is 9.73. The Labute approximate surface area is 143 Å². The van der Waals surface area contributed by atoms with Crippen molar-refractivity contribution in [2.75, 3.05) is 13.1 Å². The Kier molecular flexibility index (Phi) is 5.34. The van der Waals surface area contributed by atoms with Gasteiger partial charge in [-0.05, 0) is 56.2 Å². The molecule has 2 atom stereocenters. The maximum atomic E-state index is 12.4. The van der Waals surface area contributed by atoms with Crippen molar-refractivity contribution in [2.45, 2.75) is 58.0 Å². The van der Waals surface area contributed by atoms with Gasteiger partial charge in [-0.2, -0.15) is 0 Å². The molecule has 130 valence electrons. The third-order valence-electron chi connectivity index (χ3n) is 5.48. The Hall–Kier alpha value is -1.68. The first-order valence-electron chi connectivity index (χ1n) is 9.15. The van der Waals surface area contributed by atoms with Crippen molar-refractivity contribution in [2.24, 2.45) is 5.92 Å². The Morgan fingerprint density at radius 3 is 2.79 bits per heavy atom. The predicted octanol–water partition coefficient (Wildman–Crippen LogP) is 2.76. The Morgan fingerprint density at radius 1 is 1.21 bits per heavy atom. The van der Waals surface area contributed by atoms with Crippen molar-refractivity contribution < 1.29 is 14.7 Å². The summed E-state index contributed by atoms with van der Waals surface area (Å²) in [4.78, 5) is 26.6. The number of hydrogen-bond acceptors (Lipinski definition) is 3. The molecule has 0 bridgehead atoms. The van der Waals surface area contributed by atoms with Crippen LogP contribution in [0.4, 0.5) is 0 Å². The fourth-order valence-corrected chi connectivity index (χ4v) is 3.90. The van der Waals surface area contributed by atoms with E-state index in [4.69, 9.17) is 0 Å². The summed E-state index contributed by atoms with van der Waals surface area (Å²) < 4.78 is 0. The molecule has 4 heteroatoms. The SMILES string of the molecule is CC(O)C1CCCN(C(=O)CCC(=O)c2ccc3c(c2)CCC3)C1. The molecule has 0 aromatic heterocycles. The number of aliphatic hydroxyl groups is 1. The number of aryl methyl sites for hydroxylation is 2. The zero-order chi connectivity index (χ0) is 17.1. The fraction of sp³-hybridized carbons (Fsp3) is 0.600. The molecule has 1 N–H and O–H groups in total. The van der Waals surface area contributed by atoms with E-state index in [-0.39, 0.29) is 36.6 Å². The number of hydrogen-bond donors (Lipinski definition) is 1. The summed E-state index contributed by atoms with van der Waals surface area (Å²) in [6.45, 7) is 3.15. The number of benzene rings is 1. The summed E-state index contributed by atoms with van der Waals surface area (Å²) in [6.07, 6.45) is 5.40. The lowest BCUT2D eigenvalue weighted by Gasteiger charge is -2.34. The smallest absolute Gasteiger partial charge is 0.223 e. The summed E-state index contributed by atoms with van der Waals surface area (Å²) in [5.41, 5.74) is 3.40. The van der Waals surface area contributed by atoms with Gasteiger partial charge in [0.05, 0.1) is 6.10 Å². The van der Waals surface area contributed by atoms with Crippen LogP contribution in [-0.4, -0.2) is 40.9 Å². The monoisotopic (exact) mass is 329 g/mol. The highest BCUT2D eigenvalue weighted by Crippen LogP contribution is 2.24. The van der Waals surface area contributed by atoms with Crippen molar-refractivity contribution in [3.8, 4) is 0 Å². The van der Waals surface area contributed by atoms with Crippen molar-refractivity contribution in [3.63, 3.8) is 0 Å². The van der Waals surface area contributed by atoms with E-state index in [0.717, 1.165) is 37.8 Å². The summed E-state index contributed by atoms with van der Waals surface area (Å²) in [7, 11) is 0. The van der Waals surface area contributed by atoms with Gasteiger partial charge in [0.15, 0.2) is 5.78 Å². The van der Waals surface area contributed by atoms with Crippen LogP contribution in [0.2, 0.25) is 0 Å². The van der Waals surface area contributed by atoms with Crippen LogP contribution in [0.15, 0.2) is 18.2 Å². The van der Waals surface area contributed by atoms with E-state index in [2.05, 4.69) is 6.07 Å². The first-order valence-corrected chi connectivity index (χ1v) is 9.15. The van der Waals surface area contributed by atoms with Crippen LogP contribution in [0.25, 0.3) is 0 Å². The van der Waals surface area contributed by atoms with Crippen LogP contribution in [-0.2, 0) is 17.6 Å². The second kappa shape index (κ2) is 7.47. The standard InChI is InChI=1S/C20H27NO3/c1-14(22)18-6-3-11-21(13-18)20(24)10-9-19(23)17-8-7-15-4-2-5-16(15)12-17/h7-8,12,14,18,22H,2-6,9-11,13H2,1H3. The molecule has 1 aromatic rings. The zero-order valence-corrected chi connectivity index (χ0v) is 14.5. The first kappa shape index (κ1) is 17.2. The van der Waals surface area contributed by atoms with Gasteiger partial charge in [-0.15, -0.1) is 0 Å². The lowest BCUT2D eigenvalue weighted by atomic mass is 9.93. The zero-order valence-electron chi connectivity index (χ0n) is 14.5. The first-order chi connectivity index (χ1) is 11.5. The van der Waals surface area contributed by atoms with Gasteiger partial charge in [-0.3, -0.25) is 9.59 Å². The van der Waals surface area contributed by atoms with Gasteiger partial charge in [0.1, 0.15) is 0 Å². The Bertz CT molecular complexity index is 623. The van der Waals surface area contributed by atoms with E-state index in [0.29, 0.717) is 6.54 Å². The molecule has 4 nitrogen and oxygen atoms in total. The minimum absolute atomic E-state index is 0.0369. The molecule has 1 aliphatic carbocycles. The van der Waals surface area contributed by atoms with Crippen LogP contribution < -0.4 is 0 Å². The molecule has 1 fully saturated rings. The highest BCUT2D eigenvalue weighted by Gasteiger charge is 2.26. The van der Waals surface area contributed by atoms with Gasteiger partial charge in [0, 0.05) is 37.4 Å². The molecule has 3 rings (SSSR count). The molecule has 1 heterocycles. The number of Topliss-reactive ketones (excluding diaryl/α,β-unsaturated/α-hetero) is 1. The fourth-order valence-electron chi connectivity index (χ4n) is 3.90. The van der Waals surface area contributed by atoms with Gasteiger partial charge in [-0.25, -0.2) is 0 Å². The van der Waals surface area contributed by atoms with Crippen LogP contribution >= 0.6 is 0 Å². The third-order valence-corrected chi connectivity index (χ3v) is 5.48. The highest BCUT2D eigenvalue weighted by atomic mass is 16.3. The van der Waals surface area contributed by atoms with Crippen molar-refractivity contribution in [1.82, 2.24) is 4.90 Å². The molecule has 0 radical (unpaired) electrons. The highest BCUT2D eigenvalue weighted by molar-refractivity contribution is 5.98. The average molecular weight is 329 g/mol. The summed E-state index contributed by atoms with van der Waals surface area (Å²) in [6, 6.07) is 5.98. The second-order valence-corrected chi connectivity index (χ2v) is 7.24. The van der Waals surface area contributed by atoms with Crippen LogP contribution in [0.5, 0.6) is 0 Å². The van der Waals surface area contributed by atoms with Crippen LogP contribution in [0.3, 0.4) is 0 Å². The minimum atomic E-state index is -0.381. The molecule has 2 unspecified atom stereocenters. The Balaban J connectivity index is 1.53. The second-order valence-electron chi connectivity index (χ2n) is 7.24. The number of nitrogens with zero attached hydrogens (tertiary/aromatic N) is 1. The molecular formula is C20H27NO3. The number of aliphatic hydroxyl groups excluding tert-OH is 1. The molecule has 1 saturated heterocycles. The number of fused-ring (bicyclic) bond motifs is 1. The number of ketones is 1. The third kappa shape index (κ3) is 3.86. The lowest BCUT2D eigenvalue weighted by molar-refractivity contribution is -0.133. The Morgan fingerprint density at radius 2 is 2.00 bits per heavy atom. The number of rotatable bonds is 5. The van der Waals surface area contributed by atoms with E-state index in [1.54, 1.807) is 6.92 Å². The molecule has 1 aliphatic heterocycles. The van der Waals surface area contributed by atoms with Crippen molar-refractivity contribution in [1.29, 1.82) is 0 Å². The number of amides is 1. The quantitative estimate of drug-likeness (QED) is 0.845. The maximum absolute atomic E-state index is 12.4.